The Morgan fingerprint density at radius 2 is 1.85 bits per heavy atom. The summed E-state index contributed by atoms with van der Waals surface area (Å²) < 4.78 is 31.9. The maximum absolute atomic E-state index is 11.7. The van der Waals surface area contributed by atoms with Crippen molar-refractivity contribution in [3.05, 3.63) is 35.9 Å². The normalized spacial score (nSPS) is 33.0. The minimum absolute atomic E-state index is 0.0420. The Bertz CT molecular complexity index is 704. The number of piperidine rings is 1. The van der Waals surface area contributed by atoms with Crippen LogP contribution in [-0.2, 0) is 21.3 Å². The van der Waals surface area contributed by atoms with Crippen LogP contribution in [-0.4, -0.2) is 63.5 Å². The quantitative estimate of drug-likeness (QED) is 0.770. The van der Waals surface area contributed by atoms with Crippen LogP contribution >= 0.6 is 0 Å². The third-order valence-electron chi connectivity index (χ3n) is 6.00. The zero-order chi connectivity index (χ0) is 18.1. The van der Waals surface area contributed by atoms with Gasteiger partial charge in [0, 0.05) is 31.2 Å². The molecule has 1 saturated carbocycles. The summed E-state index contributed by atoms with van der Waals surface area (Å²) >= 11 is 0. The molecule has 3 fully saturated rings. The number of hydrogen-bond acceptors (Lipinski definition) is 5. The summed E-state index contributed by atoms with van der Waals surface area (Å²) in [7, 11) is -3.22. The maximum atomic E-state index is 11.7. The predicted octanol–water partition coefficient (Wildman–Crippen LogP) is 0.946. The second-order valence-electron chi connectivity index (χ2n) is 7.93. The Morgan fingerprint density at radius 3 is 2.54 bits per heavy atom. The molecule has 0 bridgehead atoms. The van der Waals surface area contributed by atoms with Crippen molar-refractivity contribution >= 4 is 10.0 Å². The van der Waals surface area contributed by atoms with Gasteiger partial charge in [0.15, 0.2) is 0 Å². The smallest absolute Gasteiger partial charge is 0.209 e. The van der Waals surface area contributed by atoms with E-state index in [-0.39, 0.29) is 18.2 Å². The van der Waals surface area contributed by atoms with E-state index in [4.69, 9.17) is 4.74 Å². The highest BCUT2D eigenvalue weighted by atomic mass is 32.2. The Balaban J connectivity index is 1.29. The van der Waals surface area contributed by atoms with Crippen LogP contribution in [0.1, 0.15) is 24.8 Å². The van der Waals surface area contributed by atoms with Crippen molar-refractivity contribution in [3.63, 3.8) is 0 Å². The molecule has 0 unspecified atom stereocenters. The van der Waals surface area contributed by atoms with Gasteiger partial charge in [-0.3, -0.25) is 4.90 Å². The Hall–Kier alpha value is -0.990. The fourth-order valence-electron chi connectivity index (χ4n) is 4.69. The number of ether oxygens (including phenoxy) is 1. The summed E-state index contributed by atoms with van der Waals surface area (Å²) in [4.78, 5) is 2.50. The summed E-state index contributed by atoms with van der Waals surface area (Å²) in [6.07, 6.45) is 4.51. The molecular weight excluding hydrogens is 350 g/mol. The van der Waals surface area contributed by atoms with E-state index < -0.39 is 10.0 Å². The molecule has 6 nitrogen and oxygen atoms in total. The van der Waals surface area contributed by atoms with E-state index in [9.17, 15) is 8.42 Å². The highest BCUT2D eigenvalue weighted by molar-refractivity contribution is 7.88. The molecule has 0 radical (unpaired) electrons. The van der Waals surface area contributed by atoms with Crippen molar-refractivity contribution < 1.29 is 13.2 Å². The first-order valence-corrected chi connectivity index (χ1v) is 11.5. The molecule has 1 aromatic rings. The van der Waals surface area contributed by atoms with Gasteiger partial charge in [-0.25, -0.2) is 13.1 Å². The van der Waals surface area contributed by atoms with Crippen molar-refractivity contribution in [1.82, 2.24) is 14.9 Å². The molecule has 4 atom stereocenters. The second-order valence-corrected chi connectivity index (χ2v) is 9.71. The third kappa shape index (κ3) is 4.12. The van der Waals surface area contributed by atoms with Crippen molar-refractivity contribution in [2.24, 2.45) is 5.92 Å². The summed E-state index contributed by atoms with van der Waals surface area (Å²) in [6, 6.07) is 11.1. The lowest BCUT2D eigenvalue weighted by molar-refractivity contribution is -0.0273. The van der Waals surface area contributed by atoms with E-state index in [0.29, 0.717) is 12.0 Å². The number of likely N-dealkylation sites (tertiary alicyclic amines) is 1. The molecule has 1 aliphatic carbocycles. The molecule has 144 valence electrons. The monoisotopic (exact) mass is 379 g/mol. The minimum Gasteiger partial charge on any atom is -0.376 e. The molecule has 26 heavy (non-hydrogen) atoms. The highest BCUT2D eigenvalue weighted by Gasteiger charge is 2.55. The molecule has 0 aromatic heterocycles. The van der Waals surface area contributed by atoms with E-state index in [1.54, 1.807) is 0 Å². The molecule has 3 aliphatic rings. The van der Waals surface area contributed by atoms with Gasteiger partial charge in [0.05, 0.1) is 18.4 Å². The van der Waals surface area contributed by atoms with Crippen LogP contribution in [0.5, 0.6) is 0 Å². The topological polar surface area (TPSA) is 70.7 Å². The summed E-state index contributed by atoms with van der Waals surface area (Å²) in [5.41, 5.74) is 1.36. The number of benzene rings is 1. The van der Waals surface area contributed by atoms with Crippen LogP contribution in [0.4, 0.5) is 0 Å². The lowest BCUT2D eigenvalue weighted by atomic mass is 9.71. The molecule has 4 rings (SSSR count). The summed E-state index contributed by atoms with van der Waals surface area (Å²) in [6.45, 7) is 3.90. The van der Waals surface area contributed by atoms with Gasteiger partial charge < -0.3 is 10.1 Å². The van der Waals surface area contributed by atoms with Gasteiger partial charge in [0.25, 0.3) is 0 Å². The van der Waals surface area contributed by atoms with Gasteiger partial charge in [0.1, 0.15) is 0 Å². The van der Waals surface area contributed by atoms with Crippen LogP contribution in [0.3, 0.4) is 0 Å². The fraction of sp³-hybridized carbons (Fsp3) is 0.684. The van der Waals surface area contributed by atoms with Gasteiger partial charge in [-0.15, -0.1) is 0 Å². The molecule has 1 aromatic carbocycles. The van der Waals surface area contributed by atoms with Gasteiger partial charge >= 0.3 is 0 Å². The Morgan fingerprint density at radius 1 is 1.12 bits per heavy atom. The SMILES string of the molecule is CS(=O)(=O)N[C@@H]1[C@@H](NC2CCN(Cc3ccccc3)CC2)[C@H]2CCO[C@H]21. The Kier molecular flexibility index (Phi) is 5.34. The van der Waals surface area contributed by atoms with Crippen LogP contribution in [0.25, 0.3) is 0 Å². The van der Waals surface area contributed by atoms with E-state index in [0.717, 1.165) is 45.5 Å². The molecule has 7 heteroatoms. The van der Waals surface area contributed by atoms with E-state index in [2.05, 4.69) is 45.3 Å². The minimum atomic E-state index is -3.22. The molecule has 2 heterocycles. The zero-order valence-corrected chi connectivity index (χ0v) is 16.1. The van der Waals surface area contributed by atoms with Gasteiger partial charge in [-0.2, -0.15) is 0 Å². The molecule has 0 amide bonds. The number of nitrogens with zero attached hydrogens (tertiary/aromatic N) is 1. The molecule has 2 saturated heterocycles. The largest absolute Gasteiger partial charge is 0.376 e. The van der Waals surface area contributed by atoms with Crippen LogP contribution in [0, 0.1) is 5.92 Å². The second kappa shape index (κ2) is 7.56. The highest BCUT2D eigenvalue weighted by Crippen LogP contribution is 2.40. The van der Waals surface area contributed by atoms with Crippen LogP contribution in [0.15, 0.2) is 30.3 Å². The number of rotatable bonds is 6. The summed E-state index contributed by atoms with van der Waals surface area (Å²) in [5, 5.41) is 3.75. The van der Waals surface area contributed by atoms with Gasteiger partial charge in [-0.05, 0) is 37.9 Å². The first-order valence-electron chi connectivity index (χ1n) is 9.61. The first-order chi connectivity index (χ1) is 12.5. The number of sulfonamides is 1. The average Bonchev–Trinajstić information content (AvgIpc) is 3.04. The van der Waals surface area contributed by atoms with Crippen molar-refractivity contribution in [3.8, 4) is 0 Å². The molecule has 2 N–H and O–H groups in total. The maximum Gasteiger partial charge on any atom is 0.209 e. The van der Waals surface area contributed by atoms with Crippen molar-refractivity contribution in [2.45, 2.75) is 50.0 Å². The number of fused-ring (bicyclic) bond motifs is 1. The van der Waals surface area contributed by atoms with Gasteiger partial charge in [0.2, 0.25) is 10.0 Å². The van der Waals surface area contributed by atoms with E-state index >= 15 is 0 Å². The number of nitrogens with one attached hydrogen (secondary N) is 2. The first kappa shape index (κ1) is 18.4. The molecule has 2 aliphatic heterocycles. The zero-order valence-electron chi connectivity index (χ0n) is 15.3. The Labute approximate surface area is 156 Å². The average molecular weight is 380 g/mol. The predicted molar refractivity (Wildman–Crippen MR) is 101 cm³/mol. The van der Waals surface area contributed by atoms with E-state index in [1.165, 1.54) is 11.8 Å². The third-order valence-corrected chi connectivity index (χ3v) is 6.70. The number of hydrogen-bond donors (Lipinski definition) is 2. The van der Waals surface area contributed by atoms with Gasteiger partial charge in [-0.1, -0.05) is 30.3 Å². The summed E-state index contributed by atoms with van der Waals surface area (Å²) in [5.74, 6) is 0.441. The molecule has 0 spiro atoms. The van der Waals surface area contributed by atoms with E-state index in [1.807, 2.05) is 0 Å². The van der Waals surface area contributed by atoms with Crippen LogP contribution < -0.4 is 10.0 Å². The lowest BCUT2D eigenvalue weighted by Gasteiger charge is -2.49. The fourth-order valence-corrected chi connectivity index (χ4v) is 5.47. The standard InChI is InChI=1S/C19H29N3O3S/c1-26(23,24)21-18-17(16-9-12-25-19(16)18)20-15-7-10-22(11-8-15)13-14-5-3-2-4-6-14/h2-6,15-21H,7-13H2,1H3/t16-,17+,18-,19-/m1/s1. The van der Waals surface area contributed by atoms with Crippen LogP contribution in [0.2, 0.25) is 0 Å². The lowest BCUT2D eigenvalue weighted by Crippen LogP contribution is -2.71. The molecular formula is C19H29N3O3S. The van der Waals surface area contributed by atoms with Crippen molar-refractivity contribution in [2.75, 3.05) is 26.0 Å². The van der Waals surface area contributed by atoms with Crippen molar-refractivity contribution in [1.29, 1.82) is 0 Å².